The van der Waals surface area contributed by atoms with Gasteiger partial charge in [-0.2, -0.15) is 4.98 Å². The van der Waals surface area contributed by atoms with Gasteiger partial charge in [-0.05, 0) is 32.9 Å². The summed E-state index contributed by atoms with van der Waals surface area (Å²) in [5.74, 6) is 1.19. The molecule has 2 fully saturated rings. The van der Waals surface area contributed by atoms with E-state index in [1.165, 1.54) is 0 Å². The van der Waals surface area contributed by atoms with Gasteiger partial charge in [-0.25, -0.2) is 0 Å². The van der Waals surface area contributed by atoms with Crippen LogP contribution in [0.1, 0.15) is 31.0 Å². The highest BCUT2D eigenvalue weighted by Gasteiger charge is 2.41. The smallest absolute Gasteiger partial charge is 0.252 e. The molecule has 0 saturated carbocycles. The van der Waals surface area contributed by atoms with Crippen LogP contribution in [0.5, 0.6) is 0 Å². The Morgan fingerprint density at radius 2 is 2.28 bits per heavy atom. The van der Waals surface area contributed by atoms with E-state index in [9.17, 15) is 0 Å². The molecule has 2 aliphatic rings. The number of aromatic nitrogens is 2. The molecule has 0 amide bonds. The SMILES string of the molecule is Cc1noc(COC2COC3(CCNCC3)C2)n1. The topological polar surface area (TPSA) is 69.4 Å². The lowest BCUT2D eigenvalue weighted by atomic mass is 9.89. The van der Waals surface area contributed by atoms with Crippen LogP contribution in [0.3, 0.4) is 0 Å². The molecule has 0 aromatic carbocycles. The van der Waals surface area contributed by atoms with Gasteiger partial charge in [0, 0.05) is 6.42 Å². The summed E-state index contributed by atoms with van der Waals surface area (Å²) in [5, 5.41) is 7.10. The Morgan fingerprint density at radius 3 is 3.00 bits per heavy atom. The van der Waals surface area contributed by atoms with Crippen LogP contribution in [0, 0.1) is 6.92 Å². The van der Waals surface area contributed by atoms with Gasteiger partial charge in [0.25, 0.3) is 5.89 Å². The number of piperidine rings is 1. The summed E-state index contributed by atoms with van der Waals surface area (Å²) in [6, 6.07) is 0. The minimum atomic E-state index is 0.0423. The largest absolute Gasteiger partial charge is 0.372 e. The van der Waals surface area contributed by atoms with E-state index >= 15 is 0 Å². The van der Waals surface area contributed by atoms with Crippen molar-refractivity contribution in [2.24, 2.45) is 0 Å². The second kappa shape index (κ2) is 4.95. The van der Waals surface area contributed by atoms with Crippen molar-refractivity contribution < 1.29 is 14.0 Å². The van der Waals surface area contributed by atoms with Crippen molar-refractivity contribution in [1.29, 1.82) is 0 Å². The van der Waals surface area contributed by atoms with Crippen LogP contribution in [-0.4, -0.2) is 41.5 Å². The first-order valence-corrected chi connectivity index (χ1v) is 6.51. The lowest BCUT2D eigenvalue weighted by Gasteiger charge is -2.32. The summed E-state index contributed by atoms with van der Waals surface area (Å²) in [7, 11) is 0. The maximum atomic E-state index is 5.96. The molecule has 6 nitrogen and oxygen atoms in total. The van der Waals surface area contributed by atoms with E-state index in [-0.39, 0.29) is 11.7 Å². The molecule has 0 bridgehead atoms. The van der Waals surface area contributed by atoms with Gasteiger partial charge in [0.05, 0.1) is 18.3 Å². The Hall–Kier alpha value is -0.980. The van der Waals surface area contributed by atoms with Crippen LogP contribution in [0.25, 0.3) is 0 Å². The molecule has 18 heavy (non-hydrogen) atoms. The van der Waals surface area contributed by atoms with E-state index in [4.69, 9.17) is 14.0 Å². The average molecular weight is 253 g/mol. The molecule has 1 aromatic heterocycles. The van der Waals surface area contributed by atoms with Gasteiger partial charge in [-0.3, -0.25) is 0 Å². The van der Waals surface area contributed by atoms with E-state index in [2.05, 4.69) is 15.5 Å². The Labute approximate surface area is 106 Å². The van der Waals surface area contributed by atoms with Gasteiger partial charge in [0.15, 0.2) is 5.82 Å². The van der Waals surface area contributed by atoms with Crippen molar-refractivity contribution in [3.63, 3.8) is 0 Å². The van der Waals surface area contributed by atoms with Crippen LogP contribution in [0.4, 0.5) is 0 Å². The zero-order valence-electron chi connectivity index (χ0n) is 10.6. The predicted octanol–water partition coefficient (Wildman–Crippen LogP) is 0.806. The third-order valence-corrected chi connectivity index (χ3v) is 3.70. The Bertz CT molecular complexity index is 401. The molecule has 3 heterocycles. The minimum Gasteiger partial charge on any atom is -0.372 e. The van der Waals surface area contributed by atoms with Crippen LogP contribution in [-0.2, 0) is 16.1 Å². The minimum absolute atomic E-state index is 0.0423. The molecular weight excluding hydrogens is 234 g/mol. The summed E-state index contributed by atoms with van der Waals surface area (Å²) in [6.45, 7) is 4.93. The number of ether oxygens (including phenoxy) is 2. The molecule has 1 N–H and O–H groups in total. The second-order valence-corrected chi connectivity index (χ2v) is 5.12. The van der Waals surface area contributed by atoms with Crippen LogP contribution in [0.2, 0.25) is 0 Å². The lowest BCUT2D eigenvalue weighted by molar-refractivity contribution is -0.0250. The summed E-state index contributed by atoms with van der Waals surface area (Å²) in [6.07, 6.45) is 3.27. The monoisotopic (exact) mass is 253 g/mol. The van der Waals surface area contributed by atoms with Gasteiger partial charge in [-0.1, -0.05) is 5.16 Å². The van der Waals surface area contributed by atoms with E-state index in [0.717, 1.165) is 32.4 Å². The van der Waals surface area contributed by atoms with Crippen LogP contribution < -0.4 is 5.32 Å². The van der Waals surface area contributed by atoms with Crippen LogP contribution in [0.15, 0.2) is 4.52 Å². The molecule has 100 valence electrons. The van der Waals surface area contributed by atoms with Crippen molar-refractivity contribution in [1.82, 2.24) is 15.5 Å². The van der Waals surface area contributed by atoms with E-state index in [1.807, 2.05) is 0 Å². The molecule has 0 radical (unpaired) electrons. The second-order valence-electron chi connectivity index (χ2n) is 5.12. The zero-order chi connectivity index (χ0) is 12.4. The Kier molecular flexibility index (Phi) is 3.32. The van der Waals surface area contributed by atoms with Crippen molar-refractivity contribution in [3.05, 3.63) is 11.7 Å². The van der Waals surface area contributed by atoms with E-state index in [1.54, 1.807) is 6.92 Å². The molecule has 0 aliphatic carbocycles. The Morgan fingerprint density at radius 1 is 1.44 bits per heavy atom. The van der Waals surface area contributed by atoms with Gasteiger partial charge in [-0.15, -0.1) is 0 Å². The predicted molar refractivity (Wildman–Crippen MR) is 63.0 cm³/mol. The molecule has 2 aliphatic heterocycles. The average Bonchev–Trinajstić information content (AvgIpc) is 2.96. The van der Waals surface area contributed by atoms with E-state index < -0.39 is 0 Å². The molecule has 1 atom stereocenters. The number of hydrogen-bond acceptors (Lipinski definition) is 6. The highest BCUT2D eigenvalue weighted by Crippen LogP contribution is 2.35. The fourth-order valence-corrected chi connectivity index (χ4v) is 2.73. The standard InChI is InChI=1S/C12H19N3O3/c1-9-14-11(18-15-9)8-16-10-6-12(17-7-10)2-4-13-5-3-12/h10,13H,2-8H2,1H3. The lowest BCUT2D eigenvalue weighted by Crippen LogP contribution is -2.41. The van der Waals surface area contributed by atoms with Crippen LogP contribution >= 0.6 is 0 Å². The normalized spacial score (nSPS) is 26.8. The molecule has 1 aromatic rings. The molecule has 1 unspecified atom stereocenters. The van der Waals surface area contributed by atoms with Crippen molar-refractivity contribution in [3.8, 4) is 0 Å². The molecular formula is C12H19N3O3. The maximum absolute atomic E-state index is 5.96. The summed E-state index contributed by atoms with van der Waals surface area (Å²) in [5.41, 5.74) is 0.0423. The van der Waals surface area contributed by atoms with Gasteiger partial charge < -0.3 is 19.3 Å². The molecule has 6 heteroatoms. The number of aryl methyl sites for hydroxylation is 1. The first kappa shape index (κ1) is 12.1. The maximum Gasteiger partial charge on any atom is 0.252 e. The summed E-state index contributed by atoms with van der Waals surface area (Å²) in [4.78, 5) is 4.12. The molecule has 3 rings (SSSR count). The van der Waals surface area contributed by atoms with Gasteiger partial charge in [0.2, 0.25) is 0 Å². The summed E-state index contributed by atoms with van der Waals surface area (Å²) >= 11 is 0. The Balaban J connectivity index is 1.50. The fraction of sp³-hybridized carbons (Fsp3) is 0.833. The fourth-order valence-electron chi connectivity index (χ4n) is 2.73. The summed E-state index contributed by atoms with van der Waals surface area (Å²) < 4.78 is 16.8. The van der Waals surface area contributed by atoms with Crippen molar-refractivity contribution in [2.45, 2.75) is 44.5 Å². The quantitative estimate of drug-likeness (QED) is 0.859. The number of hydrogen-bond donors (Lipinski definition) is 1. The molecule has 2 saturated heterocycles. The van der Waals surface area contributed by atoms with E-state index in [0.29, 0.717) is 24.9 Å². The highest BCUT2D eigenvalue weighted by atomic mass is 16.6. The number of rotatable bonds is 3. The van der Waals surface area contributed by atoms with Crippen molar-refractivity contribution >= 4 is 0 Å². The number of nitrogens with zero attached hydrogens (tertiary/aromatic N) is 2. The zero-order valence-corrected chi connectivity index (χ0v) is 10.6. The third-order valence-electron chi connectivity index (χ3n) is 3.70. The highest BCUT2D eigenvalue weighted by molar-refractivity contribution is 4.93. The van der Waals surface area contributed by atoms with Gasteiger partial charge in [0.1, 0.15) is 6.61 Å². The third kappa shape index (κ3) is 2.55. The first-order chi connectivity index (χ1) is 8.76. The molecule has 1 spiro atoms. The number of nitrogens with one attached hydrogen (secondary N) is 1. The van der Waals surface area contributed by atoms with Gasteiger partial charge >= 0.3 is 0 Å². The first-order valence-electron chi connectivity index (χ1n) is 6.51. The van der Waals surface area contributed by atoms with Crippen molar-refractivity contribution in [2.75, 3.05) is 19.7 Å².